The minimum Gasteiger partial charge on any atom is -0.492 e. The molecule has 6 nitrogen and oxygen atoms in total. The second-order valence-electron chi connectivity index (χ2n) is 5.89. The minimum absolute atomic E-state index is 0.395. The summed E-state index contributed by atoms with van der Waals surface area (Å²) in [6.45, 7) is 2.83. The largest absolute Gasteiger partial charge is 0.492 e. The van der Waals surface area contributed by atoms with Gasteiger partial charge in [0.2, 0.25) is 0 Å². The zero-order valence-corrected chi connectivity index (χ0v) is 12.7. The highest BCUT2D eigenvalue weighted by atomic mass is 16.5. The molecule has 0 bridgehead atoms. The van der Waals surface area contributed by atoms with Crippen molar-refractivity contribution in [1.29, 1.82) is 5.26 Å². The number of rotatable bonds is 3. The van der Waals surface area contributed by atoms with E-state index in [1.807, 2.05) is 6.07 Å². The molecule has 0 amide bonds. The normalized spacial score (nSPS) is 15.8. The van der Waals surface area contributed by atoms with Crippen LogP contribution < -0.4 is 10.1 Å². The second kappa shape index (κ2) is 5.86. The molecule has 2 N–H and O–H groups in total. The number of aromatic nitrogens is 3. The van der Waals surface area contributed by atoms with Crippen molar-refractivity contribution in [2.75, 3.05) is 19.7 Å². The quantitative estimate of drug-likeness (QED) is 0.775. The van der Waals surface area contributed by atoms with E-state index in [2.05, 4.69) is 26.3 Å². The molecule has 1 aliphatic heterocycles. The third-order valence-corrected chi connectivity index (χ3v) is 4.39. The van der Waals surface area contributed by atoms with Crippen LogP contribution in [0.15, 0.2) is 24.5 Å². The first-order chi connectivity index (χ1) is 11.3. The summed E-state index contributed by atoms with van der Waals surface area (Å²) in [5.41, 5.74) is 2.02. The van der Waals surface area contributed by atoms with Gasteiger partial charge in [0.15, 0.2) is 0 Å². The van der Waals surface area contributed by atoms with Crippen molar-refractivity contribution in [2.45, 2.75) is 12.8 Å². The molecule has 0 radical (unpaired) electrons. The van der Waals surface area contributed by atoms with E-state index < -0.39 is 0 Å². The van der Waals surface area contributed by atoms with E-state index in [4.69, 9.17) is 10.00 Å². The Labute approximate surface area is 133 Å². The van der Waals surface area contributed by atoms with Crippen LogP contribution in [0.2, 0.25) is 0 Å². The van der Waals surface area contributed by atoms with E-state index in [0.29, 0.717) is 18.2 Å². The molecule has 3 aromatic heterocycles. The Morgan fingerprint density at radius 3 is 3.00 bits per heavy atom. The fraction of sp³-hybridized carbons (Fsp3) is 0.353. The van der Waals surface area contributed by atoms with Gasteiger partial charge in [-0.1, -0.05) is 0 Å². The van der Waals surface area contributed by atoms with Crippen LogP contribution in [-0.2, 0) is 0 Å². The number of nitriles is 1. The Kier molecular flexibility index (Phi) is 3.56. The summed E-state index contributed by atoms with van der Waals surface area (Å²) in [6.07, 6.45) is 5.70. The van der Waals surface area contributed by atoms with Crippen molar-refractivity contribution >= 4 is 21.9 Å². The molecule has 6 heteroatoms. The van der Waals surface area contributed by atoms with Gasteiger partial charge in [-0.25, -0.2) is 9.97 Å². The SMILES string of the molecule is N#Cc1cc2c(cn1)[nH]c1nccc(OCC3CCNCC3)c12. The molecule has 0 aromatic carbocycles. The van der Waals surface area contributed by atoms with Gasteiger partial charge in [0, 0.05) is 11.6 Å². The highest BCUT2D eigenvalue weighted by molar-refractivity contribution is 6.09. The lowest BCUT2D eigenvalue weighted by Gasteiger charge is -2.22. The zero-order chi connectivity index (χ0) is 15.6. The van der Waals surface area contributed by atoms with Crippen LogP contribution in [0.4, 0.5) is 0 Å². The predicted molar refractivity (Wildman–Crippen MR) is 87.2 cm³/mol. The number of fused-ring (bicyclic) bond motifs is 3. The van der Waals surface area contributed by atoms with E-state index in [-0.39, 0.29) is 0 Å². The molecule has 3 aromatic rings. The van der Waals surface area contributed by atoms with E-state index in [1.54, 1.807) is 18.5 Å². The van der Waals surface area contributed by atoms with Gasteiger partial charge in [-0.05, 0) is 44.0 Å². The molecule has 1 fully saturated rings. The molecule has 0 atom stereocenters. The Hall–Kier alpha value is -2.65. The van der Waals surface area contributed by atoms with Crippen LogP contribution >= 0.6 is 0 Å². The van der Waals surface area contributed by atoms with Crippen LogP contribution in [0.25, 0.3) is 21.9 Å². The van der Waals surface area contributed by atoms with Gasteiger partial charge in [0.05, 0.1) is 23.7 Å². The molecular formula is C17H17N5O. The van der Waals surface area contributed by atoms with Gasteiger partial charge < -0.3 is 15.0 Å². The van der Waals surface area contributed by atoms with E-state index in [9.17, 15) is 0 Å². The van der Waals surface area contributed by atoms with Gasteiger partial charge in [0.1, 0.15) is 23.2 Å². The third kappa shape index (κ3) is 2.60. The minimum atomic E-state index is 0.395. The van der Waals surface area contributed by atoms with E-state index in [0.717, 1.165) is 53.6 Å². The standard InChI is InChI=1S/C17H17N5O/c18-8-12-7-13-14(9-21-12)22-17-16(13)15(3-6-20-17)23-10-11-1-4-19-5-2-11/h3,6-7,9,11,19H,1-2,4-5,10H2,(H,20,22). The van der Waals surface area contributed by atoms with Crippen molar-refractivity contribution in [2.24, 2.45) is 5.92 Å². The first-order valence-corrected chi connectivity index (χ1v) is 7.85. The average Bonchev–Trinajstić information content (AvgIpc) is 2.99. The smallest absolute Gasteiger partial charge is 0.142 e. The van der Waals surface area contributed by atoms with E-state index in [1.165, 1.54) is 0 Å². The highest BCUT2D eigenvalue weighted by Gasteiger charge is 2.16. The maximum atomic E-state index is 9.07. The van der Waals surface area contributed by atoms with Crippen LogP contribution in [0.1, 0.15) is 18.5 Å². The number of ether oxygens (including phenoxy) is 1. The molecule has 4 heterocycles. The van der Waals surface area contributed by atoms with Crippen molar-refractivity contribution in [3.05, 3.63) is 30.2 Å². The van der Waals surface area contributed by atoms with Gasteiger partial charge >= 0.3 is 0 Å². The summed E-state index contributed by atoms with van der Waals surface area (Å²) in [5.74, 6) is 1.40. The Balaban J connectivity index is 1.72. The highest BCUT2D eigenvalue weighted by Crippen LogP contribution is 2.32. The van der Waals surface area contributed by atoms with Gasteiger partial charge in [-0.2, -0.15) is 5.26 Å². The molecule has 23 heavy (non-hydrogen) atoms. The Morgan fingerprint density at radius 1 is 1.30 bits per heavy atom. The molecule has 1 aliphatic rings. The number of H-pyrrole nitrogens is 1. The van der Waals surface area contributed by atoms with Crippen molar-refractivity contribution < 1.29 is 4.74 Å². The van der Waals surface area contributed by atoms with Crippen LogP contribution in [0, 0.1) is 17.2 Å². The number of nitrogens with zero attached hydrogens (tertiary/aromatic N) is 3. The Bertz CT molecular complexity index is 889. The molecule has 0 unspecified atom stereocenters. The molecule has 0 aliphatic carbocycles. The summed E-state index contributed by atoms with van der Waals surface area (Å²) >= 11 is 0. The molecule has 0 spiro atoms. The van der Waals surface area contributed by atoms with Crippen LogP contribution in [-0.4, -0.2) is 34.6 Å². The second-order valence-corrected chi connectivity index (χ2v) is 5.89. The van der Waals surface area contributed by atoms with Gasteiger partial charge in [-0.3, -0.25) is 0 Å². The lowest BCUT2D eigenvalue weighted by Crippen LogP contribution is -2.30. The number of aromatic amines is 1. The van der Waals surface area contributed by atoms with Crippen LogP contribution in [0.5, 0.6) is 5.75 Å². The monoisotopic (exact) mass is 307 g/mol. The van der Waals surface area contributed by atoms with E-state index >= 15 is 0 Å². The van der Waals surface area contributed by atoms with Gasteiger partial charge in [-0.15, -0.1) is 0 Å². The molecular weight excluding hydrogens is 290 g/mol. The fourth-order valence-corrected chi connectivity index (χ4v) is 3.13. The number of hydrogen-bond donors (Lipinski definition) is 2. The Morgan fingerprint density at radius 2 is 2.17 bits per heavy atom. The summed E-state index contributed by atoms with van der Waals surface area (Å²) in [4.78, 5) is 11.7. The zero-order valence-electron chi connectivity index (χ0n) is 12.7. The maximum Gasteiger partial charge on any atom is 0.142 e. The summed E-state index contributed by atoms with van der Waals surface area (Å²) in [7, 11) is 0. The van der Waals surface area contributed by atoms with Crippen molar-refractivity contribution in [3.8, 4) is 11.8 Å². The molecule has 4 rings (SSSR count). The predicted octanol–water partition coefficient (Wildman–Crippen LogP) is 2.36. The number of hydrogen-bond acceptors (Lipinski definition) is 5. The summed E-state index contributed by atoms with van der Waals surface area (Å²) in [5, 5.41) is 14.3. The molecule has 116 valence electrons. The first-order valence-electron chi connectivity index (χ1n) is 7.85. The number of nitrogens with one attached hydrogen (secondary N) is 2. The van der Waals surface area contributed by atoms with Crippen molar-refractivity contribution in [1.82, 2.24) is 20.3 Å². The third-order valence-electron chi connectivity index (χ3n) is 4.39. The number of pyridine rings is 2. The lowest BCUT2D eigenvalue weighted by atomic mass is 9.99. The maximum absolute atomic E-state index is 9.07. The molecule has 0 saturated carbocycles. The summed E-state index contributed by atoms with van der Waals surface area (Å²) < 4.78 is 6.11. The number of piperidine rings is 1. The van der Waals surface area contributed by atoms with Gasteiger partial charge in [0.25, 0.3) is 0 Å². The average molecular weight is 307 g/mol. The fourth-order valence-electron chi connectivity index (χ4n) is 3.13. The van der Waals surface area contributed by atoms with Crippen molar-refractivity contribution in [3.63, 3.8) is 0 Å². The topological polar surface area (TPSA) is 86.6 Å². The summed E-state index contributed by atoms with van der Waals surface area (Å²) in [6, 6.07) is 5.76. The lowest BCUT2D eigenvalue weighted by molar-refractivity contribution is 0.217. The molecule has 1 saturated heterocycles. The van der Waals surface area contributed by atoms with Crippen LogP contribution in [0.3, 0.4) is 0 Å². The first kappa shape index (κ1) is 14.0.